The SMILES string of the molecule is Cc1c(OCCCCOc2ccc(C(=O)O)c(Cl)c2)ccc(C(=O)CC2CCCC2)c1C. The maximum atomic E-state index is 12.7. The largest absolute Gasteiger partial charge is 0.494 e. The number of benzene rings is 2. The van der Waals surface area contributed by atoms with E-state index in [9.17, 15) is 9.59 Å². The second kappa shape index (κ2) is 11.4. The Balaban J connectivity index is 1.43. The third-order valence-corrected chi connectivity index (χ3v) is 6.54. The summed E-state index contributed by atoms with van der Waals surface area (Å²) in [5.74, 6) is 1.10. The lowest BCUT2D eigenvalue weighted by Crippen LogP contribution is -2.09. The molecular formula is C26H31ClO5. The van der Waals surface area contributed by atoms with Crippen molar-refractivity contribution in [3.05, 3.63) is 57.6 Å². The molecule has 2 aromatic rings. The van der Waals surface area contributed by atoms with Crippen molar-refractivity contribution in [2.45, 2.75) is 58.8 Å². The summed E-state index contributed by atoms with van der Waals surface area (Å²) in [6.07, 6.45) is 7.10. The van der Waals surface area contributed by atoms with Crippen LogP contribution in [0.25, 0.3) is 0 Å². The fourth-order valence-corrected chi connectivity index (χ4v) is 4.43. The zero-order valence-corrected chi connectivity index (χ0v) is 19.5. The second-order valence-corrected chi connectivity index (χ2v) is 8.90. The molecule has 5 nitrogen and oxygen atoms in total. The zero-order valence-electron chi connectivity index (χ0n) is 18.8. The Morgan fingerprint density at radius 2 is 1.62 bits per heavy atom. The minimum atomic E-state index is -1.06. The smallest absolute Gasteiger partial charge is 0.337 e. The average Bonchev–Trinajstić information content (AvgIpc) is 3.26. The van der Waals surface area contributed by atoms with Crippen LogP contribution in [0, 0.1) is 19.8 Å². The van der Waals surface area contributed by atoms with E-state index in [-0.39, 0.29) is 16.4 Å². The first-order valence-corrected chi connectivity index (χ1v) is 11.7. The van der Waals surface area contributed by atoms with E-state index < -0.39 is 5.97 Å². The summed E-state index contributed by atoms with van der Waals surface area (Å²) in [6.45, 7) is 5.04. The number of unbranched alkanes of at least 4 members (excludes halogenated alkanes) is 1. The molecule has 0 amide bonds. The lowest BCUT2D eigenvalue weighted by molar-refractivity contribution is 0.0696. The number of rotatable bonds is 11. The first kappa shape index (κ1) is 24.1. The van der Waals surface area contributed by atoms with Crippen LogP contribution in [0.2, 0.25) is 5.02 Å². The molecule has 0 saturated heterocycles. The summed E-state index contributed by atoms with van der Waals surface area (Å²) in [5.41, 5.74) is 2.91. The van der Waals surface area contributed by atoms with E-state index >= 15 is 0 Å². The molecule has 172 valence electrons. The maximum Gasteiger partial charge on any atom is 0.337 e. The van der Waals surface area contributed by atoms with Crippen LogP contribution in [-0.2, 0) is 0 Å². The van der Waals surface area contributed by atoms with Crippen LogP contribution in [0.15, 0.2) is 30.3 Å². The Morgan fingerprint density at radius 1 is 0.969 bits per heavy atom. The standard InChI is InChI=1S/C26H31ClO5/c1-17-18(2)25(12-11-21(17)24(28)15-19-7-3-4-8-19)32-14-6-5-13-31-20-9-10-22(26(29)30)23(27)16-20/h9-12,16,19H,3-8,13-15H2,1-2H3,(H,29,30). The van der Waals surface area contributed by atoms with E-state index in [4.69, 9.17) is 26.2 Å². The van der Waals surface area contributed by atoms with Crippen molar-refractivity contribution in [3.8, 4) is 11.5 Å². The molecule has 0 bridgehead atoms. The first-order chi connectivity index (χ1) is 15.4. The third-order valence-electron chi connectivity index (χ3n) is 6.22. The number of ether oxygens (including phenoxy) is 2. The van der Waals surface area contributed by atoms with Crippen LogP contribution in [-0.4, -0.2) is 30.1 Å². The molecule has 0 atom stereocenters. The molecule has 1 fully saturated rings. The number of ketones is 1. The molecule has 0 radical (unpaired) electrons. The topological polar surface area (TPSA) is 72.8 Å². The molecule has 0 aliphatic heterocycles. The van der Waals surface area contributed by atoms with Gasteiger partial charge in [-0.3, -0.25) is 4.79 Å². The highest BCUT2D eigenvalue weighted by molar-refractivity contribution is 6.33. The predicted octanol–water partition coefficient (Wildman–Crippen LogP) is 6.66. The summed E-state index contributed by atoms with van der Waals surface area (Å²) in [4.78, 5) is 23.7. The van der Waals surface area contributed by atoms with Crippen molar-refractivity contribution in [1.29, 1.82) is 0 Å². The number of carbonyl (C=O) groups excluding carboxylic acids is 1. The minimum absolute atomic E-state index is 0.0596. The van der Waals surface area contributed by atoms with Crippen molar-refractivity contribution >= 4 is 23.4 Å². The molecule has 32 heavy (non-hydrogen) atoms. The van der Waals surface area contributed by atoms with Gasteiger partial charge in [-0.1, -0.05) is 37.3 Å². The van der Waals surface area contributed by atoms with Gasteiger partial charge in [0.2, 0.25) is 0 Å². The molecule has 1 aliphatic carbocycles. The monoisotopic (exact) mass is 458 g/mol. The number of carboxylic acid groups (broad SMARTS) is 1. The first-order valence-electron chi connectivity index (χ1n) is 11.3. The fraction of sp³-hybridized carbons (Fsp3) is 0.462. The third kappa shape index (κ3) is 6.26. The van der Waals surface area contributed by atoms with E-state index in [2.05, 4.69) is 0 Å². The highest BCUT2D eigenvalue weighted by Gasteiger charge is 2.21. The Morgan fingerprint density at radius 3 is 2.28 bits per heavy atom. The Bertz CT molecular complexity index is 963. The van der Waals surface area contributed by atoms with Crippen molar-refractivity contribution in [2.24, 2.45) is 5.92 Å². The quantitative estimate of drug-likeness (QED) is 0.301. The van der Waals surface area contributed by atoms with Crippen molar-refractivity contribution in [1.82, 2.24) is 0 Å². The Labute approximate surface area is 194 Å². The van der Waals surface area contributed by atoms with Gasteiger partial charge >= 0.3 is 5.97 Å². The molecule has 0 heterocycles. The Hall–Kier alpha value is -2.53. The maximum absolute atomic E-state index is 12.7. The number of hydrogen-bond donors (Lipinski definition) is 1. The molecule has 0 unspecified atom stereocenters. The van der Waals surface area contributed by atoms with Gasteiger partial charge in [0, 0.05) is 12.0 Å². The molecule has 2 aromatic carbocycles. The van der Waals surface area contributed by atoms with Gasteiger partial charge in [-0.15, -0.1) is 0 Å². The van der Waals surface area contributed by atoms with E-state index in [0.717, 1.165) is 35.3 Å². The number of carbonyl (C=O) groups is 2. The minimum Gasteiger partial charge on any atom is -0.494 e. The summed E-state index contributed by atoms with van der Waals surface area (Å²) in [6, 6.07) is 8.38. The van der Waals surface area contributed by atoms with Gasteiger partial charge in [-0.05, 0) is 74.1 Å². The lowest BCUT2D eigenvalue weighted by atomic mass is 9.92. The Kier molecular flexibility index (Phi) is 8.57. The van der Waals surface area contributed by atoms with Crippen molar-refractivity contribution in [3.63, 3.8) is 0 Å². The van der Waals surface area contributed by atoms with E-state index in [1.807, 2.05) is 26.0 Å². The van der Waals surface area contributed by atoms with Crippen molar-refractivity contribution < 1.29 is 24.2 Å². The predicted molar refractivity (Wildman–Crippen MR) is 125 cm³/mol. The fourth-order valence-electron chi connectivity index (χ4n) is 4.18. The van der Waals surface area contributed by atoms with Crippen LogP contribution in [0.4, 0.5) is 0 Å². The summed E-state index contributed by atoms with van der Waals surface area (Å²) in [5, 5.41) is 9.17. The van der Waals surface area contributed by atoms with Crippen LogP contribution in [0.3, 0.4) is 0 Å². The number of Topliss-reactive ketones (excluding diaryl/α,β-unsaturated/α-hetero) is 1. The number of hydrogen-bond acceptors (Lipinski definition) is 4. The number of aromatic carboxylic acids is 1. The molecule has 0 spiro atoms. The van der Waals surface area contributed by atoms with Crippen LogP contribution < -0.4 is 9.47 Å². The molecule has 1 N–H and O–H groups in total. The van der Waals surface area contributed by atoms with E-state index in [1.165, 1.54) is 37.8 Å². The van der Waals surface area contributed by atoms with Crippen molar-refractivity contribution in [2.75, 3.05) is 13.2 Å². The van der Waals surface area contributed by atoms with E-state index in [1.54, 1.807) is 6.07 Å². The highest BCUT2D eigenvalue weighted by Crippen LogP contribution is 2.31. The zero-order chi connectivity index (χ0) is 23.1. The van der Waals surface area contributed by atoms with Gasteiger partial charge in [0.1, 0.15) is 11.5 Å². The summed E-state index contributed by atoms with van der Waals surface area (Å²) in [7, 11) is 0. The van der Waals surface area contributed by atoms with Gasteiger partial charge in [0.25, 0.3) is 0 Å². The number of halogens is 1. The molecule has 3 rings (SSSR count). The molecule has 6 heteroatoms. The molecular weight excluding hydrogens is 428 g/mol. The van der Waals surface area contributed by atoms with Gasteiger partial charge in [-0.25, -0.2) is 4.79 Å². The van der Waals surface area contributed by atoms with Crippen LogP contribution in [0.5, 0.6) is 11.5 Å². The van der Waals surface area contributed by atoms with E-state index in [0.29, 0.717) is 31.3 Å². The highest BCUT2D eigenvalue weighted by atomic mass is 35.5. The van der Waals surface area contributed by atoms with Crippen LogP contribution in [0.1, 0.15) is 76.8 Å². The normalized spacial score (nSPS) is 13.8. The summed E-state index contributed by atoms with van der Waals surface area (Å²) >= 11 is 5.95. The molecule has 0 aromatic heterocycles. The van der Waals surface area contributed by atoms with Gasteiger partial charge in [0.15, 0.2) is 5.78 Å². The lowest BCUT2D eigenvalue weighted by Gasteiger charge is -2.15. The molecule has 1 saturated carbocycles. The average molecular weight is 459 g/mol. The summed E-state index contributed by atoms with van der Waals surface area (Å²) < 4.78 is 11.6. The number of carboxylic acids is 1. The van der Waals surface area contributed by atoms with Gasteiger partial charge in [-0.2, -0.15) is 0 Å². The van der Waals surface area contributed by atoms with Gasteiger partial charge < -0.3 is 14.6 Å². The van der Waals surface area contributed by atoms with Gasteiger partial charge in [0.05, 0.1) is 23.8 Å². The second-order valence-electron chi connectivity index (χ2n) is 8.49. The molecule has 1 aliphatic rings. The van der Waals surface area contributed by atoms with Crippen LogP contribution >= 0.6 is 11.6 Å².